The lowest BCUT2D eigenvalue weighted by molar-refractivity contribution is 0.0958. The highest BCUT2D eigenvalue weighted by atomic mass is 79.9. The number of nitrogens with one attached hydrogen (secondary N) is 1. The average molecular weight is 477 g/mol. The van der Waals surface area contributed by atoms with Crippen LogP contribution in [0.3, 0.4) is 0 Å². The predicted octanol–water partition coefficient (Wildman–Crippen LogP) is 4.16. The summed E-state index contributed by atoms with van der Waals surface area (Å²) in [4.78, 5) is 11.6. The number of carbonyl (C=O) groups is 1. The Labute approximate surface area is 169 Å². The molecule has 0 saturated heterocycles. The van der Waals surface area contributed by atoms with Gasteiger partial charge in [-0.2, -0.15) is 0 Å². The van der Waals surface area contributed by atoms with Crippen LogP contribution in [0.5, 0.6) is 5.75 Å². The van der Waals surface area contributed by atoms with Gasteiger partial charge >= 0.3 is 0 Å². The molecule has 5 nitrogen and oxygen atoms in total. The van der Waals surface area contributed by atoms with Gasteiger partial charge in [0.25, 0.3) is 5.91 Å². The van der Waals surface area contributed by atoms with Gasteiger partial charge in [0.15, 0.2) is 15.6 Å². The zero-order valence-electron chi connectivity index (χ0n) is 14.2. The standard InChI is InChI=1S/C18H16BrClFNO4S/c1-22-18(24)13-5-10(9-2-3-9)4-11(16(13)21)8-27(25,26)15-7-12(19)6-14(20)17(15)23/h4-7,9,23H,2-3,8H2,1H3,(H,22,24). The molecule has 0 heterocycles. The van der Waals surface area contributed by atoms with E-state index in [2.05, 4.69) is 21.2 Å². The number of hydrogen-bond acceptors (Lipinski definition) is 4. The Kier molecular flexibility index (Phi) is 5.52. The number of phenolic OH excluding ortho intramolecular Hbond substituents is 1. The minimum Gasteiger partial charge on any atom is -0.505 e. The summed E-state index contributed by atoms with van der Waals surface area (Å²) in [5, 5.41) is 12.3. The molecule has 0 radical (unpaired) electrons. The van der Waals surface area contributed by atoms with E-state index >= 15 is 0 Å². The molecule has 0 aliphatic heterocycles. The first-order valence-corrected chi connectivity index (χ1v) is 10.9. The van der Waals surface area contributed by atoms with E-state index in [1.165, 1.54) is 31.3 Å². The maximum atomic E-state index is 14.9. The zero-order valence-corrected chi connectivity index (χ0v) is 17.4. The highest BCUT2D eigenvalue weighted by molar-refractivity contribution is 9.10. The Balaban J connectivity index is 2.09. The van der Waals surface area contributed by atoms with E-state index < -0.39 is 38.0 Å². The summed E-state index contributed by atoms with van der Waals surface area (Å²) in [6.45, 7) is 0. The molecule has 2 aromatic carbocycles. The summed E-state index contributed by atoms with van der Waals surface area (Å²) in [6.07, 6.45) is 1.82. The average Bonchev–Trinajstić information content (AvgIpc) is 3.44. The highest BCUT2D eigenvalue weighted by Crippen LogP contribution is 2.42. The van der Waals surface area contributed by atoms with E-state index in [0.29, 0.717) is 4.47 Å². The van der Waals surface area contributed by atoms with Crippen molar-refractivity contribution in [2.45, 2.75) is 29.4 Å². The molecule has 1 aliphatic carbocycles. The van der Waals surface area contributed by atoms with Crippen LogP contribution in [0.2, 0.25) is 5.02 Å². The van der Waals surface area contributed by atoms with Gasteiger partial charge in [-0.25, -0.2) is 12.8 Å². The van der Waals surface area contributed by atoms with Crippen molar-refractivity contribution in [2.24, 2.45) is 0 Å². The Bertz CT molecular complexity index is 1040. The second-order valence-corrected chi connectivity index (χ2v) is 9.67. The largest absolute Gasteiger partial charge is 0.505 e. The molecule has 144 valence electrons. The number of aromatic hydroxyl groups is 1. The molecule has 0 unspecified atom stereocenters. The summed E-state index contributed by atoms with van der Waals surface area (Å²) in [5.41, 5.74) is 0.425. The third kappa shape index (κ3) is 4.12. The van der Waals surface area contributed by atoms with Crippen LogP contribution in [0.15, 0.2) is 33.6 Å². The van der Waals surface area contributed by atoms with Crippen molar-refractivity contribution >= 4 is 43.3 Å². The SMILES string of the molecule is CNC(=O)c1cc(C2CC2)cc(CS(=O)(=O)c2cc(Br)cc(Cl)c2O)c1F. The third-order valence-electron chi connectivity index (χ3n) is 4.36. The zero-order chi connectivity index (χ0) is 19.9. The first-order valence-electron chi connectivity index (χ1n) is 8.09. The van der Waals surface area contributed by atoms with Gasteiger partial charge < -0.3 is 10.4 Å². The van der Waals surface area contributed by atoms with Gasteiger partial charge in [0, 0.05) is 17.1 Å². The normalized spacial score (nSPS) is 14.2. The minimum atomic E-state index is -4.12. The van der Waals surface area contributed by atoms with Crippen LogP contribution < -0.4 is 5.32 Å². The van der Waals surface area contributed by atoms with Crippen molar-refractivity contribution in [3.05, 3.63) is 56.3 Å². The number of phenols is 1. The molecule has 0 atom stereocenters. The Morgan fingerprint density at radius 3 is 2.59 bits per heavy atom. The summed E-state index contributed by atoms with van der Waals surface area (Å²) >= 11 is 8.98. The van der Waals surface area contributed by atoms with E-state index in [9.17, 15) is 22.7 Å². The van der Waals surface area contributed by atoms with Gasteiger partial charge in [-0.15, -0.1) is 0 Å². The van der Waals surface area contributed by atoms with Crippen LogP contribution >= 0.6 is 27.5 Å². The fourth-order valence-electron chi connectivity index (χ4n) is 2.83. The Morgan fingerprint density at radius 2 is 2.00 bits per heavy atom. The van der Waals surface area contributed by atoms with E-state index in [0.717, 1.165) is 18.4 Å². The van der Waals surface area contributed by atoms with Crippen LogP contribution in [0.25, 0.3) is 0 Å². The summed E-state index contributed by atoms with van der Waals surface area (Å²) in [7, 11) is -2.74. The van der Waals surface area contributed by atoms with Crippen molar-refractivity contribution in [1.82, 2.24) is 5.32 Å². The first kappa shape index (κ1) is 20.1. The Morgan fingerprint density at radius 1 is 1.33 bits per heavy atom. The van der Waals surface area contributed by atoms with Crippen molar-refractivity contribution in [1.29, 1.82) is 0 Å². The third-order valence-corrected chi connectivity index (χ3v) is 6.78. The molecule has 1 amide bonds. The summed E-state index contributed by atoms with van der Waals surface area (Å²) in [6, 6.07) is 5.51. The molecule has 2 aromatic rings. The van der Waals surface area contributed by atoms with Crippen LogP contribution in [0.4, 0.5) is 4.39 Å². The maximum absolute atomic E-state index is 14.9. The van der Waals surface area contributed by atoms with Gasteiger partial charge in [-0.05, 0) is 42.5 Å². The van der Waals surface area contributed by atoms with Gasteiger partial charge in [-0.3, -0.25) is 4.79 Å². The van der Waals surface area contributed by atoms with Gasteiger partial charge in [0.1, 0.15) is 10.7 Å². The van der Waals surface area contributed by atoms with E-state index in [1.807, 2.05) is 0 Å². The van der Waals surface area contributed by atoms with Crippen LogP contribution in [-0.4, -0.2) is 26.5 Å². The van der Waals surface area contributed by atoms with Crippen LogP contribution in [0, 0.1) is 5.82 Å². The summed E-state index contributed by atoms with van der Waals surface area (Å²) in [5.74, 6) is -2.61. The van der Waals surface area contributed by atoms with E-state index in [-0.39, 0.29) is 22.1 Å². The first-order chi connectivity index (χ1) is 12.6. The molecular weight excluding hydrogens is 461 g/mol. The lowest BCUT2D eigenvalue weighted by Crippen LogP contribution is -2.21. The van der Waals surface area contributed by atoms with Gasteiger partial charge in [-0.1, -0.05) is 33.6 Å². The van der Waals surface area contributed by atoms with E-state index in [1.54, 1.807) is 0 Å². The maximum Gasteiger partial charge on any atom is 0.254 e. The number of halogens is 3. The lowest BCUT2D eigenvalue weighted by atomic mass is 10.0. The van der Waals surface area contributed by atoms with Crippen molar-refractivity contribution in [2.75, 3.05) is 7.05 Å². The monoisotopic (exact) mass is 475 g/mol. The predicted molar refractivity (Wildman–Crippen MR) is 103 cm³/mol. The van der Waals surface area contributed by atoms with Crippen molar-refractivity contribution < 1.29 is 22.7 Å². The highest BCUT2D eigenvalue weighted by Gasteiger charge is 2.29. The molecule has 1 saturated carbocycles. The fourth-order valence-corrected chi connectivity index (χ4v) is 5.33. The minimum absolute atomic E-state index is 0.117. The van der Waals surface area contributed by atoms with Gasteiger partial charge in [0.2, 0.25) is 0 Å². The van der Waals surface area contributed by atoms with E-state index in [4.69, 9.17) is 11.6 Å². The number of hydrogen-bond donors (Lipinski definition) is 2. The number of carbonyl (C=O) groups excluding carboxylic acids is 1. The second kappa shape index (κ2) is 7.41. The Hall–Kier alpha value is -1.64. The molecule has 0 aromatic heterocycles. The second-order valence-electron chi connectivity index (χ2n) is 6.39. The quantitative estimate of drug-likeness (QED) is 0.679. The van der Waals surface area contributed by atoms with Crippen LogP contribution in [0.1, 0.15) is 40.2 Å². The molecule has 0 spiro atoms. The molecular formula is C18H16BrClFNO4S. The number of rotatable bonds is 5. The number of benzene rings is 2. The molecule has 27 heavy (non-hydrogen) atoms. The van der Waals surface area contributed by atoms with Gasteiger partial charge in [0.05, 0.1) is 16.3 Å². The molecule has 2 N–H and O–H groups in total. The number of sulfone groups is 1. The van der Waals surface area contributed by atoms with Crippen LogP contribution in [-0.2, 0) is 15.6 Å². The molecule has 1 fully saturated rings. The topological polar surface area (TPSA) is 83.5 Å². The number of amides is 1. The molecule has 9 heteroatoms. The van der Waals surface area contributed by atoms with Crippen molar-refractivity contribution in [3.63, 3.8) is 0 Å². The lowest BCUT2D eigenvalue weighted by Gasteiger charge is -2.13. The fraction of sp³-hybridized carbons (Fsp3) is 0.278. The molecule has 1 aliphatic rings. The molecule has 3 rings (SSSR count). The summed E-state index contributed by atoms with van der Waals surface area (Å²) < 4.78 is 40.9. The molecule has 0 bridgehead atoms. The van der Waals surface area contributed by atoms with Crippen molar-refractivity contribution in [3.8, 4) is 5.75 Å². The smallest absolute Gasteiger partial charge is 0.254 e.